The van der Waals surface area contributed by atoms with Gasteiger partial charge in [0.1, 0.15) is 6.10 Å². The molecule has 0 radical (unpaired) electrons. The summed E-state index contributed by atoms with van der Waals surface area (Å²) in [5.41, 5.74) is -2.10. The Balaban J connectivity index is 3.09. The number of ketones is 1. The van der Waals surface area contributed by atoms with Gasteiger partial charge >= 0.3 is 11.2 Å². The minimum atomic E-state index is -1.70. The van der Waals surface area contributed by atoms with E-state index in [1.807, 2.05) is 4.98 Å². The summed E-state index contributed by atoms with van der Waals surface area (Å²) in [7, 11) is 0. The molecule has 1 aromatic heterocycles. The summed E-state index contributed by atoms with van der Waals surface area (Å²) in [4.78, 5) is 49.7. The van der Waals surface area contributed by atoms with Crippen LogP contribution in [0.3, 0.4) is 0 Å². The number of aromatic amines is 1. The third-order valence-corrected chi connectivity index (χ3v) is 2.59. The van der Waals surface area contributed by atoms with E-state index in [2.05, 4.69) is 15.6 Å². The topological polar surface area (TPSA) is 188 Å². The van der Waals surface area contributed by atoms with Crippen LogP contribution in [0, 0.1) is 10.1 Å². The Hall–Kier alpha value is -2.86. The van der Waals surface area contributed by atoms with Crippen molar-refractivity contribution in [3.63, 3.8) is 0 Å². The van der Waals surface area contributed by atoms with E-state index in [1.165, 1.54) is 6.92 Å². The number of aromatic nitrogens is 2. The van der Waals surface area contributed by atoms with Crippen molar-refractivity contribution in [2.45, 2.75) is 26.1 Å². The van der Waals surface area contributed by atoms with Gasteiger partial charge < -0.3 is 15.5 Å². The molecule has 0 aliphatic heterocycles. The van der Waals surface area contributed by atoms with Crippen LogP contribution in [-0.4, -0.2) is 55.5 Å². The van der Waals surface area contributed by atoms with Crippen molar-refractivity contribution in [1.82, 2.24) is 9.97 Å². The van der Waals surface area contributed by atoms with Gasteiger partial charge in [-0.05, 0) is 6.92 Å². The van der Waals surface area contributed by atoms with Crippen molar-refractivity contribution in [3.8, 4) is 0 Å². The molecule has 1 heterocycles. The number of aliphatic hydroxyl groups excluding tert-OH is 2. The third-order valence-electron chi connectivity index (χ3n) is 2.59. The number of aliphatic hydroxyl groups is 2. The fraction of sp³-hybridized carbons (Fsp3) is 0.455. The lowest BCUT2D eigenvalue weighted by molar-refractivity contribution is -0.385. The number of amides is 1. The number of hydrogen-bond acceptors (Lipinski definition) is 9. The van der Waals surface area contributed by atoms with Gasteiger partial charge in [0.25, 0.3) is 0 Å². The smallest absolute Gasteiger partial charge is 0.375 e. The van der Waals surface area contributed by atoms with Gasteiger partial charge in [-0.25, -0.2) is 0 Å². The average Bonchev–Trinajstić information content (AvgIpc) is 2.41. The van der Waals surface area contributed by atoms with Gasteiger partial charge in [0.15, 0.2) is 5.78 Å². The van der Waals surface area contributed by atoms with Gasteiger partial charge in [0, 0.05) is 6.92 Å². The second-order valence-corrected chi connectivity index (χ2v) is 4.56. The first-order valence-electron chi connectivity index (χ1n) is 6.32. The molecule has 12 heteroatoms. The summed E-state index contributed by atoms with van der Waals surface area (Å²) < 4.78 is 0. The number of nitrogens with one attached hydrogen (secondary N) is 3. The molecule has 0 aliphatic rings. The number of H-pyrrole nitrogens is 1. The van der Waals surface area contributed by atoms with E-state index >= 15 is 0 Å². The lowest BCUT2D eigenvalue weighted by Crippen LogP contribution is -2.36. The maximum atomic E-state index is 11.7. The van der Waals surface area contributed by atoms with Gasteiger partial charge in [-0.15, -0.1) is 0 Å². The number of Topliss-reactive ketones (excluding diaryl/α,β-unsaturated/α-hetero) is 1. The summed E-state index contributed by atoms with van der Waals surface area (Å²) >= 11 is 0. The van der Waals surface area contributed by atoms with E-state index in [1.54, 1.807) is 0 Å². The van der Waals surface area contributed by atoms with E-state index in [9.17, 15) is 29.6 Å². The van der Waals surface area contributed by atoms with Gasteiger partial charge in [-0.1, -0.05) is 0 Å². The number of nitro groups is 1. The predicted molar refractivity (Wildman–Crippen MR) is 77.0 cm³/mol. The maximum Gasteiger partial charge on any atom is 0.375 e. The lowest BCUT2D eigenvalue weighted by atomic mass is 10.1. The minimum Gasteiger partial charge on any atom is -0.390 e. The molecule has 0 spiro atoms. The zero-order valence-electron chi connectivity index (χ0n) is 12.2. The molecule has 0 saturated heterocycles. The highest BCUT2D eigenvalue weighted by molar-refractivity contribution is 5.88. The van der Waals surface area contributed by atoms with Gasteiger partial charge in [0.05, 0.1) is 17.6 Å². The normalized spacial score (nSPS) is 13.0. The summed E-state index contributed by atoms with van der Waals surface area (Å²) in [6, 6.07) is 0. The largest absolute Gasteiger partial charge is 0.390 e. The molecular formula is C11H15N5O7. The summed E-state index contributed by atoms with van der Waals surface area (Å²) in [6.07, 6.45) is -3.03. The first-order valence-corrected chi connectivity index (χ1v) is 6.32. The van der Waals surface area contributed by atoms with Crippen molar-refractivity contribution in [3.05, 3.63) is 20.5 Å². The molecule has 12 nitrogen and oxygen atoms in total. The van der Waals surface area contributed by atoms with Crippen molar-refractivity contribution in [1.29, 1.82) is 0 Å². The highest BCUT2D eigenvalue weighted by Crippen LogP contribution is 2.17. The highest BCUT2D eigenvalue weighted by Gasteiger charge is 2.25. The molecule has 0 bridgehead atoms. The number of hydrogen-bond donors (Lipinski definition) is 5. The van der Waals surface area contributed by atoms with Crippen LogP contribution in [0.4, 0.5) is 17.5 Å². The number of rotatable bonds is 7. The van der Waals surface area contributed by atoms with Gasteiger partial charge in [-0.3, -0.25) is 34.8 Å². The van der Waals surface area contributed by atoms with Crippen LogP contribution in [0.5, 0.6) is 0 Å². The molecule has 23 heavy (non-hydrogen) atoms. The zero-order chi connectivity index (χ0) is 17.7. The first-order chi connectivity index (χ1) is 10.6. The predicted octanol–water partition coefficient (Wildman–Crippen LogP) is -1.64. The van der Waals surface area contributed by atoms with E-state index in [-0.39, 0.29) is 5.95 Å². The molecule has 1 rings (SSSR count). The Morgan fingerprint density at radius 3 is 2.52 bits per heavy atom. The molecule has 1 aromatic rings. The quantitative estimate of drug-likeness (QED) is 0.288. The minimum absolute atomic E-state index is 0.348. The molecule has 0 fully saturated rings. The van der Waals surface area contributed by atoms with Crippen LogP contribution in [0.25, 0.3) is 0 Å². The molecule has 0 aromatic carbocycles. The Kier molecular flexibility index (Phi) is 5.87. The number of carbonyl (C=O) groups is 2. The monoisotopic (exact) mass is 329 g/mol. The van der Waals surface area contributed by atoms with E-state index in [0.29, 0.717) is 0 Å². The Labute approximate surface area is 128 Å². The van der Waals surface area contributed by atoms with Crippen LogP contribution >= 0.6 is 0 Å². The fourth-order valence-corrected chi connectivity index (χ4v) is 1.53. The Morgan fingerprint density at radius 1 is 1.43 bits per heavy atom. The molecule has 126 valence electrons. The molecule has 1 amide bonds. The average molecular weight is 329 g/mol. The third kappa shape index (κ3) is 4.82. The standard InChI is InChI=1S/C11H15N5O7/c1-4(17)8(20)6(19)3-12-9-7(16(22)23)10(21)15-11(14-9)13-5(2)18/h4,8,17,20H,3H2,1-2H3,(H3,12,13,14,15,18,21)/t4?,8-/m0/s1. The maximum absolute atomic E-state index is 11.7. The Bertz CT molecular complexity index is 684. The fourth-order valence-electron chi connectivity index (χ4n) is 1.53. The van der Waals surface area contributed by atoms with Crippen LogP contribution in [0.15, 0.2) is 4.79 Å². The SMILES string of the molecule is CC(=O)Nc1nc(NCC(=O)[C@@H](O)C(C)O)c([N+](=O)[O-])c(=O)[nH]1. The van der Waals surface area contributed by atoms with Crippen molar-refractivity contribution < 1.29 is 24.7 Å². The van der Waals surface area contributed by atoms with Crippen molar-refractivity contribution in [2.24, 2.45) is 0 Å². The lowest BCUT2D eigenvalue weighted by Gasteiger charge is -2.13. The van der Waals surface area contributed by atoms with E-state index < -0.39 is 52.4 Å². The Morgan fingerprint density at radius 2 is 2.04 bits per heavy atom. The van der Waals surface area contributed by atoms with Crippen molar-refractivity contribution in [2.75, 3.05) is 17.2 Å². The van der Waals surface area contributed by atoms with E-state index in [0.717, 1.165) is 6.92 Å². The van der Waals surface area contributed by atoms with Crippen LogP contribution < -0.4 is 16.2 Å². The molecule has 1 unspecified atom stereocenters. The highest BCUT2D eigenvalue weighted by atomic mass is 16.6. The van der Waals surface area contributed by atoms with E-state index in [4.69, 9.17) is 5.11 Å². The van der Waals surface area contributed by atoms with Crippen LogP contribution in [0.2, 0.25) is 0 Å². The molecule has 0 saturated carbocycles. The summed E-state index contributed by atoms with van der Waals surface area (Å²) in [6.45, 7) is 1.70. The molecule has 2 atom stereocenters. The summed E-state index contributed by atoms with van der Waals surface area (Å²) in [5, 5.41) is 33.7. The summed E-state index contributed by atoms with van der Waals surface area (Å²) in [5.74, 6) is -2.35. The number of anilines is 2. The zero-order valence-corrected chi connectivity index (χ0v) is 12.2. The van der Waals surface area contributed by atoms with Gasteiger partial charge in [-0.2, -0.15) is 4.98 Å². The molecule has 0 aliphatic carbocycles. The molecule has 5 N–H and O–H groups in total. The van der Waals surface area contributed by atoms with Gasteiger partial charge in [0.2, 0.25) is 17.7 Å². The van der Waals surface area contributed by atoms with Crippen molar-refractivity contribution >= 4 is 29.1 Å². The second kappa shape index (κ2) is 7.42. The molecular weight excluding hydrogens is 314 g/mol. The second-order valence-electron chi connectivity index (χ2n) is 4.56. The van der Waals surface area contributed by atoms with Crippen LogP contribution in [-0.2, 0) is 9.59 Å². The van der Waals surface area contributed by atoms with Crippen LogP contribution in [0.1, 0.15) is 13.8 Å². The number of nitrogens with zero attached hydrogens (tertiary/aromatic N) is 2. The first kappa shape index (κ1) is 18.2. The number of carbonyl (C=O) groups excluding carboxylic acids is 2.